The van der Waals surface area contributed by atoms with E-state index in [9.17, 15) is 29.4 Å². The van der Waals surface area contributed by atoms with Crippen LogP contribution in [0.4, 0.5) is 0 Å². The van der Waals surface area contributed by atoms with Crippen LogP contribution in [-0.2, 0) is 19.2 Å². The molecular formula is C26H25Cl2N3O6S4. The van der Waals surface area contributed by atoms with Crippen LogP contribution in [0.1, 0.15) is 12.5 Å². The number of hydrogen-bond donors (Lipinski definition) is 2. The Balaban J connectivity index is 1.36. The number of carbonyl (C=O) groups is 4. The third-order valence-corrected chi connectivity index (χ3v) is 11.1. The van der Waals surface area contributed by atoms with Crippen LogP contribution in [0.2, 0.25) is 10.0 Å². The Kier molecular flexibility index (Phi) is 11.2. The van der Waals surface area contributed by atoms with E-state index in [2.05, 4.69) is 5.32 Å². The molecule has 0 bridgehead atoms. The van der Waals surface area contributed by atoms with Crippen LogP contribution in [0.15, 0.2) is 63.8 Å². The maximum Gasteiger partial charge on any atom is 0.352 e. The summed E-state index contributed by atoms with van der Waals surface area (Å²) < 4.78 is 1.59. The number of β-lactam (4-membered cyclic amide) rings is 1. The highest BCUT2D eigenvalue weighted by atomic mass is 35.5. The Hall–Kier alpha value is -2.03. The van der Waals surface area contributed by atoms with Gasteiger partial charge in [0.1, 0.15) is 23.1 Å². The molecule has 0 saturated carbocycles. The van der Waals surface area contributed by atoms with Crippen molar-refractivity contribution in [1.82, 2.24) is 10.2 Å². The predicted molar refractivity (Wildman–Crippen MR) is 161 cm³/mol. The molecule has 4 rings (SSSR count). The number of carboxylic acid groups (broad SMARTS) is 2. The molecule has 218 valence electrons. The lowest BCUT2D eigenvalue weighted by Gasteiger charge is -2.49. The van der Waals surface area contributed by atoms with E-state index in [1.807, 2.05) is 6.26 Å². The minimum Gasteiger partial charge on any atom is -0.543 e. The molecule has 0 aliphatic carbocycles. The van der Waals surface area contributed by atoms with Crippen LogP contribution in [-0.4, -0.2) is 74.4 Å². The average molecular weight is 675 g/mol. The zero-order valence-corrected chi connectivity index (χ0v) is 26.4. The number of carboxylic acids is 2. The number of fused-ring (bicyclic) bond motifs is 1. The standard InChI is InChI=1S/C26H25Cl2N3O6S4/c1-38-9-6-18(25(34)35)30-7-4-16(5-8-30)39-11-14-12-41-24-21(23(33)31(24)22(14)26(36)37)29-20(32)13-40-19-10-15(27)2-3-17(19)28/h2-5,7-8,10,18,21,24H,6,9,11-13H2,1H3,(H2-,29,32,34,35,36,37)/t18-,21+,24+/m0/s1. The van der Waals surface area contributed by atoms with E-state index in [1.165, 1.54) is 40.2 Å². The van der Waals surface area contributed by atoms with Crippen LogP contribution < -0.4 is 15.0 Å². The summed E-state index contributed by atoms with van der Waals surface area (Å²) >= 11 is 17.7. The maximum absolute atomic E-state index is 13.0. The Morgan fingerprint density at radius 2 is 1.95 bits per heavy atom. The second kappa shape index (κ2) is 14.4. The Bertz CT molecular complexity index is 1380. The highest BCUT2D eigenvalue weighted by Crippen LogP contribution is 2.41. The molecule has 9 nitrogen and oxygen atoms in total. The summed E-state index contributed by atoms with van der Waals surface area (Å²) in [5.74, 6) is -1.77. The van der Waals surface area contributed by atoms with Crippen molar-refractivity contribution >= 4 is 94.0 Å². The van der Waals surface area contributed by atoms with Gasteiger partial charge in [-0.25, -0.2) is 4.79 Å². The topological polar surface area (TPSA) is 131 Å². The highest BCUT2D eigenvalue weighted by Gasteiger charge is 2.54. The first kappa shape index (κ1) is 31.9. The minimum absolute atomic E-state index is 0.0170. The lowest BCUT2D eigenvalue weighted by atomic mass is 10.0. The van der Waals surface area contributed by atoms with Gasteiger partial charge in [0, 0.05) is 44.9 Å². The molecule has 0 radical (unpaired) electrons. The van der Waals surface area contributed by atoms with E-state index in [-0.39, 0.29) is 17.4 Å². The molecule has 2 aliphatic heterocycles. The number of nitrogens with zero attached hydrogens (tertiary/aromatic N) is 2. The first-order valence-electron chi connectivity index (χ1n) is 12.2. The van der Waals surface area contributed by atoms with Crippen molar-refractivity contribution in [2.45, 2.75) is 33.7 Å². The first-order chi connectivity index (χ1) is 19.6. The number of aliphatic carboxylic acids is 2. The number of rotatable bonds is 13. The number of aromatic nitrogens is 1. The zero-order valence-electron chi connectivity index (χ0n) is 21.6. The molecule has 1 fully saturated rings. The normalized spacial score (nSPS) is 18.9. The monoisotopic (exact) mass is 673 g/mol. The van der Waals surface area contributed by atoms with Gasteiger partial charge in [0.2, 0.25) is 5.91 Å². The number of carbonyl (C=O) groups excluding carboxylic acids is 3. The van der Waals surface area contributed by atoms with Crippen LogP contribution in [0.25, 0.3) is 0 Å². The van der Waals surface area contributed by atoms with E-state index < -0.39 is 35.3 Å². The van der Waals surface area contributed by atoms with E-state index in [0.717, 1.165) is 4.90 Å². The van der Waals surface area contributed by atoms with Crippen LogP contribution in [0.5, 0.6) is 0 Å². The van der Waals surface area contributed by atoms with Gasteiger partial charge in [-0.3, -0.25) is 14.5 Å². The van der Waals surface area contributed by atoms with Crippen LogP contribution in [0, 0.1) is 0 Å². The third-order valence-electron chi connectivity index (χ3n) is 6.28. The number of benzene rings is 1. The molecule has 2 amide bonds. The molecule has 2 N–H and O–H groups in total. The lowest BCUT2D eigenvalue weighted by Crippen LogP contribution is -2.70. The van der Waals surface area contributed by atoms with Crippen molar-refractivity contribution < 1.29 is 34.0 Å². The number of thioether (sulfide) groups is 4. The number of hydrogen-bond acceptors (Lipinski definition) is 9. The molecule has 1 saturated heterocycles. The Labute approximate surface area is 263 Å². The summed E-state index contributed by atoms with van der Waals surface area (Å²) in [4.78, 5) is 52.0. The summed E-state index contributed by atoms with van der Waals surface area (Å²) in [6, 6.07) is 6.90. The highest BCUT2D eigenvalue weighted by molar-refractivity contribution is 8.01. The van der Waals surface area contributed by atoms with E-state index in [4.69, 9.17) is 23.2 Å². The third kappa shape index (κ3) is 7.68. The van der Waals surface area contributed by atoms with Gasteiger partial charge in [0.25, 0.3) is 5.91 Å². The molecule has 2 aromatic rings. The molecule has 15 heteroatoms. The second-order valence-electron chi connectivity index (χ2n) is 8.96. The van der Waals surface area contributed by atoms with Gasteiger partial charge in [-0.05, 0) is 35.8 Å². The number of halogens is 2. The summed E-state index contributed by atoms with van der Waals surface area (Å²) in [6.07, 6.45) is 5.69. The van der Waals surface area contributed by atoms with Crippen molar-refractivity contribution in [3.05, 3.63) is 64.0 Å². The molecule has 0 unspecified atom stereocenters. The largest absolute Gasteiger partial charge is 0.543 e. The molecule has 1 aromatic carbocycles. The fourth-order valence-electron chi connectivity index (χ4n) is 4.26. The maximum atomic E-state index is 13.0. The molecule has 3 heterocycles. The molecular weight excluding hydrogens is 649 g/mol. The summed E-state index contributed by atoms with van der Waals surface area (Å²) in [5.41, 5.74) is 0.536. The van der Waals surface area contributed by atoms with Gasteiger partial charge >= 0.3 is 5.97 Å². The quantitative estimate of drug-likeness (QED) is 0.186. The fourth-order valence-corrected chi connectivity index (χ4v) is 8.39. The number of nitrogens with one attached hydrogen (secondary N) is 1. The van der Waals surface area contributed by atoms with Crippen molar-refractivity contribution in [1.29, 1.82) is 0 Å². The molecule has 2 aliphatic rings. The van der Waals surface area contributed by atoms with E-state index in [0.29, 0.717) is 44.2 Å². The molecule has 1 aromatic heterocycles. The van der Waals surface area contributed by atoms with E-state index >= 15 is 0 Å². The van der Waals surface area contributed by atoms with Gasteiger partial charge in [-0.1, -0.05) is 23.2 Å². The Morgan fingerprint density at radius 3 is 2.61 bits per heavy atom. The fraction of sp³-hybridized carbons (Fsp3) is 0.346. The Morgan fingerprint density at radius 1 is 1.22 bits per heavy atom. The zero-order chi connectivity index (χ0) is 29.7. The smallest absolute Gasteiger partial charge is 0.352 e. The SMILES string of the molecule is CSCC[C@@H](C(=O)[O-])[n+]1ccc(SCC2=C(C(=O)O)N3C(=O)[C@@H](NC(=O)CSc4cc(Cl)ccc4Cl)[C@H]3SC2)cc1. The first-order valence-corrected chi connectivity index (χ1v) is 17.4. The van der Waals surface area contributed by atoms with Gasteiger partial charge in [0.05, 0.1) is 10.8 Å². The summed E-state index contributed by atoms with van der Waals surface area (Å²) in [6.45, 7) is 0. The van der Waals surface area contributed by atoms with Crippen LogP contribution in [0.3, 0.4) is 0 Å². The van der Waals surface area contributed by atoms with E-state index in [1.54, 1.807) is 59.1 Å². The van der Waals surface area contributed by atoms with Gasteiger partial charge in [0.15, 0.2) is 18.4 Å². The number of amides is 2. The van der Waals surface area contributed by atoms with Crippen molar-refractivity contribution in [2.24, 2.45) is 0 Å². The van der Waals surface area contributed by atoms with Crippen LogP contribution >= 0.6 is 70.2 Å². The van der Waals surface area contributed by atoms with Gasteiger partial charge in [-0.2, -0.15) is 16.3 Å². The van der Waals surface area contributed by atoms with Gasteiger partial charge < -0.3 is 20.3 Å². The number of pyridine rings is 1. The van der Waals surface area contributed by atoms with Crippen molar-refractivity contribution in [3.8, 4) is 0 Å². The lowest BCUT2D eigenvalue weighted by molar-refractivity contribution is -0.716. The summed E-state index contributed by atoms with van der Waals surface area (Å²) in [5, 5.41) is 24.6. The second-order valence-corrected chi connectivity index (χ2v) is 14.0. The van der Waals surface area contributed by atoms with Gasteiger partial charge in [-0.15, -0.1) is 35.3 Å². The molecule has 41 heavy (non-hydrogen) atoms. The molecule has 0 spiro atoms. The minimum atomic E-state index is -1.20. The average Bonchev–Trinajstić information content (AvgIpc) is 2.95. The molecule has 3 atom stereocenters. The van der Waals surface area contributed by atoms with Crippen molar-refractivity contribution in [3.63, 3.8) is 0 Å². The summed E-state index contributed by atoms with van der Waals surface area (Å²) in [7, 11) is 0. The van der Waals surface area contributed by atoms with Crippen molar-refractivity contribution in [2.75, 3.05) is 29.3 Å². The predicted octanol–water partition coefficient (Wildman–Crippen LogP) is 2.95.